The molecule has 4 nitrogen and oxygen atoms in total. The van der Waals surface area contributed by atoms with Crippen LogP contribution in [-0.4, -0.2) is 10.2 Å². The van der Waals surface area contributed by atoms with Crippen molar-refractivity contribution in [3.63, 3.8) is 0 Å². The highest BCUT2D eigenvalue weighted by Crippen LogP contribution is 2.32. The van der Waals surface area contributed by atoms with E-state index in [1.165, 1.54) is 24.3 Å². The van der Waals surface area contributed by atoms with Crippen molar-refractivity contribution in [3.8, 4) is 11.5 Å². The number of rotatable bonds is 5. The molecule has 0 saturated heterocycles. The Kier molecular flexibility index (Phi) is 5.04. The lowest BCUT2D eigenvalue weighted by atomic mass is 10.1. The molecule has 4 aromatic rings. The molecule has 1 aromatic heterocycles. The van der Waals surface area contributed by atoms with Gasteiger partial charge in [0.05, 0.1) is 10.7 Å². The Morgan fingerprint density at radius 3 is 2.39 bits per heavy atom. The fraction of sp³-hybridized carbons (Fsp3) is 0.0476. The van der Waals surface area contributed by atoms with Crippen molar-refractivity contribution in [1.29, 1.82) is 0 Å². The third-order valence-corrected chi connectivity index (χ3v) is 4.47. The Labute approximate surface area is 164 Å². The van der Waals surface area contributed by atoms with Crippen molar-refractivity contribution < 1.29 is 13.2 Å². The first-order valence-corrected chi connectivity index (χ1v) is 8.84. The molecule has 0 fully saturated rings. The maximum Gasteiger partial charge on any atom is 0.247 e. The van der Waals surface area contributed by atoms with E-state index < -0.39 is 17.7 Å². The normalized spacial score (nSPS) is 12.0. The molecule has 0 spiro atoms. The van der Waals surface area contributed by atoms with Gasteiger partial charge in [0.1, 0.15) is 17.7 Å². The zero-order valence-electron chi connectivity index (χ0n) is 14.4. The predicted molar refractivity (Wildman–Crippen MR) is 103 cm³/mol. The maximum atomic E-state index is 14.5. The predicted octanol–water partition coefficient (Wildman–Crippen LogP) is 5.87. The van der Waals surface area contributed by atoms with Crippen molar-refractivity contribution >= 4 is 17.3 Å². The van der Waals surface area contributed by atoms with Gasteiger partial charge in [0.15, 0.2) is 0 Å². The molecule has 3 aromatic carbocycles. The molecule has 1 atom stereocenters. The minimum absolute atomic E-state index is 0.157. The smallest absolute Gasteiger partial charge is 0.247 e. The zero-order valence-corrected chi connectivity index (χ0v) is 15.2. The van der Waals surface area contributed by atoms with Gasteiger partial charge in [-0.3, -0.25) is 0 Å². The average molecular weight is 398 g/mol. The van der Waals surface area contributed by atoms with Gasteiger partial charge in [-0.05, 0) is 36.4 Å². The van der Waals surface area contributed by atoms with Crippen LogP contribution in [0.3, 0.4) is 0 Å². The van der Waals surface area contributed by atoms with Gasteiger partial charge < -0.3 is 9.73 Å². The third kappa shape index (κ3) is 3.73. The van der Waals surface area contributed by atoms with Crippen molar-refractivity contribution in [2.75, 3.05) is 5.32 Å². The van der Waals surface area contributed by atoms with Crippen molar-refractivity contribution in [3.05, 3.63) is 101 Å². The lowest BCUT2D eigenvalue weighted by molar-refractivity contribution is 0.485. The molecule has 0 aliphatic heterocycles. The largest absolute Gasteiger partial charge is 0.418 e. The lowest BCUT2D eigenvalue weighted by Crippen LogP contribution is -2.15. The molecular weight excluding hydrogens is 384 g/mol. The summed E-state index contributed by atoms with van der Waals surface area (Å²) >= 11 is 6.13. The molecule has 28 heavy (non-hydrogen) atoms. The van der Waals surface area contributed by atoms with Crippen LogP contribution in [-0.2, 0) is 0 Å². The molecule has 4 rings (SSSR count). The van der Waals surface area contributed by atoms with E-state index in [1.54, 1.807) is 18.2 Å². The number of benzene rings is 3. The molecule has 0 aliphatic carbocycles. The summed E-state index contributed by atoms with van der Waals surface area (Å²) in [4.78, 5) is 0. The molecule has 0 radical (unpaired) electrons. The molecule has 1 heterocycles. The number of halogens is 3. The van der Waals surface area contributed by atoms with Gasteiger partial charge >= 0.3 is 0 Å². The van der Waals surface area contributed by atoms with Crippen molar-refractivity contribution in [2.24, 2.45) is 0 Å². The monoisotopic (exact) mass is 397 g/mol. The minimum atomic E-state index is -0.811. The molecular formula is C21H14ClF2N3O. The Balaban J connectivity index is 1.76. The van der Waals surface area contributed by atoms with Crippen LogP contribution >= 0.6 is 11.6 Å². The summed E-state index contributed by atoms with van der Waals surface area (Å²) in [6.45, 7) is 0. The number of hydrogen-bond donors (Lipinski definition) is 1. The zero-order chi connectivity index (χ0) is 19.5. The van der Waals surface area contributed by atoms with Gasteiger partial charge in [0, 0.05) is 11.1 Å². The van der Waals surface area contributed by atoms with E-state index in [0.717, 1.165) is 5.56 Å². The van der Waals surface area contributed by atoms with Crippen LogP contribution in [0.25, 0.3) is 11.5 Å². The van der Waals surface area contributed by atoms with Gasteiger partial charge in [0.25, 0.3) is 0 Å². The fourth-order valence-corrected chi connectivity index (χ4v) is 3.01. The van der Waals surface area contributed by atoms with Crippen LogP contribution < -0.4 is 5.32 Å². The summed E-state index contributed by atoms with van der Waals surface area (Å²) < 4.78 is 33.7. The van der Waals surface area contributed by atoms with Crippen LogP contribution in [0.2, 0.25) is 5.02 Å². The highest BCUT2D eigenvalue weighted by atomic mass is 35.5. The van der Waals surface area contributed by atoms with Gasteiger partial charge in [0.2, 0.25) is 11.8 Å². The molecule has 0 aliphatic rings. The summed E-state index contributed by atoms with van der Waals surface area (Å²) in [5, 5.41) is 11.4. The number of anilines is 1. The second kappa shape index (κ2) is 7.78. The van der Waals surface area contributed by atoms with Crippen molar-refractivity contribution in [1.82, 2.24) is 10.2 Å². The quantitative estimate of drug-likeness (QED) is 0.457. The van der Waals surface area contributed by atoms with Gasteiger partial charge in [-0.2, -0.15) is 0 Å². The summed E-state index contributed by atoms with van der Waals surface area (Å²) in [7, 11) is 0. The number of hydrogen-bond acceptors (Lipinski definition) is 4. The second-order valence-electron chi connectivity index (χ2n) is 6.03. The molecule has 0 amide bonds. The van der Waals surface area contributed by atoms with E-state index in [-0.39, 0.29) is 10.9 Å². The van der Waals surface area contributed by atoms with E-state index in [9.17, 15) is 8.78 Å². The molecule has 0 bridgehead atoms. The van der Waals surface area contributed by atoms with E-state index >= 15 is 0 Å². The Bertz CT molecular complexity index is 1100. The molecule has 0 saturated carbocycles. The fourth-order valence-electron chi connectivity index (χ4n) is 2.79. The standard InChI is InChI=1S/C21H14ClF2N3O/c22-16-12-14(23)10-11-18(16)25-19(15-8-4-5-9-17(15)24)21-27-26-20(28-21)13-6-2-1-3-7-13/h1-12,19,25H. The van der Waals surface area contributed by atoms with E-state index in [1.807, 2.05) is 30.3 Å². The average Bonchev–Trinajstić information content (AvgIpc) is 3.19. The highest BCUT2D eigenvalue weighted by Gasteiger charge is 2.25. The highest BCUT2D eigenvalue weighted by molar-refractivity contribution is 6.33. The Morgan fingerprint density at radius 2 is 1.64 bits per heavy atom. The number of nitrogens with zero attached hydrogens (tertiary/aromatic N) is 2. The first-order chi connectivity index (χ1) is 13.6. The topological polar surface area (TPSA) is 51.0 Å². The summed E-state index contributed by atoms with van der Waals surface area (Å²) in [6, 6.07) is 18.6. The first kappa shape index (κ1) is 18.1. The van der Waals surface area contributed by atoms with E-state index in [2.05, 4.69) is 15.5 Å². The van der Waals surface area contributed by atoms with Crippen LogP contribution in [0.5, 0.6) is 0 Å². The molecule has 140 valence electrons. The van der Waals surface area contributed by atoms with Crippen LogP contribution in [0.4, 0.5) is 14.5 Å². The van der Waals surface area contributed by atoms with Crippen molar-refractivity contribution in [2.45, 2.75) is 6.04 Å². The summed E-state index contributed by atoms with van der Waals surface area (Å²) in [6.07, 6.45) is 0. The van der Waals surface area contributed by atoms with Crippen LogP contribution in [0, 0.1) is 11.6 Å². The molecule has 1 N–H and O–H groups in total. The third-order valence-electron chi connectivity index (χ3n) is 4.16. The van der Waals surface area contributed by atoms with Gasteiger partial charge in [-0.15, -0.1) is 10.2 Å². The Hall–Kier alpha value is -3.25. The number of nitrogens with one attached hydrogen (secondary N) is 1. The molecule has 1 unspecified atom stereocenters. The van der Waals surface area contributed by atoms with Gasteiger partial charge in [-0.1, -0.05) is 48.0 Å². The second-order valence-corrected chi connectivity index (χ2v) is 6.44. The minimum Gasteiger partial charge on any atom is -0.418 e. The molecule has 7 heteroatoms. The summed E-state index contributed by atoms with van der Waals surface area (Å²) in [5.41, 5.74) is 1.45. The van der Waals surface area contributed by atoms with E-state index in [0.29, 0.717) is 17.1 Å². The first-order valence-electron chi connectivity index (χ1n) is 8.46. The summed E-state index contributed by atoms with van der Waals surface area (Å²) in [5.74, 6) is -0.451. The maximum absolute atomic E-state index is 14.5. The Morgan fingerprint density at radius 1 is 0.893 bits per heavy atom. The SMILES string of the molecule is Fc1ccc(NC(c2nnc(-c3ccccc3)o2)c2ccccc2F)c(Cl)c1. The van der Waals surface area contributed by atoms with E-state index in [4.69, 9.17) is 16.0 Å². The van der Waals surface area contributed by atoms with Crippen LogP contribution in [0.15, 0.2) is 77.2 Å². The number of aromatic nitrogens is 2. The lowest BCUT2D eigenvalue weighted by Gasteiger charge is -2.18. The van der Waals surface area contributed by atoms with Gasteiger partial charge in [-0.25, -0.2) is 8.78 Å². The van der Waals surface area contributed by atoms with Crippen LogP contribution in [0.1, 0.15) is 17.5 Å².